The van der Waals surface area contributed by atoms with Gasteiger partial charge in [0.15, 0.2) is 5.11 Å². The zero-order valence-electron chi connectivity index (χ0n) is 15.3. The summed E-state index contributed by atoms with van der Waals surface area (Å²) in [6.45, 7) is 6.24. The fraction of sp³-hybridized carbons (Fsp3) is 0.350. The first kappa shape index (κ1) is 18.3. The summed E-state index contributed by atoms with van der Waals surface area (Å²) in [4.78, 5) is 4.56. The van der Waals surface area contributed by atoms with Gasteiger partial charge in [-0.1, -0.05) is 18.2 Å². The maximum Gasteiger partial charge on any atom is 0.173 e. The summed E-state index contributed by atoms with van der Waals surface area (Å²) in [7, 11) is 1.66. The van der Waals surface area contributed by atoms with E-state index < -0.39 is 0 Å². The Kier molecular flexibility index (Phi) is 6.17. The normalized spacial score (nSPS) is 14.1. The van der Waals surface area contributed by atoms with E-state index in [1.54, 1.807) is 7.11 Å². The van der Waals surface area contributed by atoms with E-state index in [9.17, 15) is 0 Å². The molecule has 1 heterocycles. The van der Waals surface area contributed by atoms with Crippen LogP contribution in [0.3, 0.4) is 0 Å². The van der Waals surface area contributed by atoms with E-state index in [2.05, 4.69) is 27.2 Å². The molecule has 0 aliphatic carbocycles. The van der Waals surface area contributed by atoms with Gasteiger partial charge in [0.2, 0.25) is 0 Å². The first-order chi connectivity index (χ1) is 12.7. The summed E-state index contributed by atoms with van der Waals surface area (Å²) >= 11 is 5.59. The zero-order valence-corrected chi connectivity index (χ0v) is 16.1. The van der Waals surface area contributed by atoms with Crippen LogP contribution in [0.2, 0.25) is 0 Å². The van der Waals surface area contributed by atoms with E-state index in [0.29, 0.717) is 6.61 Å². The molecule has 26 heavy (non-hydrogen) atoms. The van der Waals surface area contributed by atoms with Crippen molar-refractivity contribution in [2.45, 2.75) is 6.92 Å². The Labute approximate surface area is 160 Å². The SMILES string of the molecule is CCOc1ccccc1N1CCN(C(=S)Nc2cccc(OC)c2)CC1. The van der Waals surface area contributed by atoms with E-state index in [-0.39, 0.29) is 0 Å². The second-order valence-corrected chi connectivity index (χ2v) is 6.42. The number of para-hydroxylation sites is 2. The zero-order chi connectivity index (χ0) is 18.4. The average molecular weight is 372 g/mol. The minimum atomic E-state index is 0.672. The predicted octanol–water partition coefficient (Wildman–Crippen LogP) is 3.61. The Hall–Kier alpha value is -2.47. The Balaban J connectivity index is 1.59. The molecule has 2 aromatic carbocycles. The molecule has 0 aromatic heterocycles. The van der Waals surface area contributed by atoms with E-state index in [4.69, 9.17) is 21.7 Å². The van der Waals surface area contributed by atoms with Crippen LogP contribution in [0.15, 0.2) is 48.5 Å². The van der Waals surface area contributed by atoms with Gasteiger partial charge in [-0.15, -0.1) is 0 Å². The van der Waals surface area contributed by atoms with Crippen molar-refractivity contribution in [3.63, 3.8) is 0 Å². The number of benzene rings is 2. The molecule has 3 rings (SSSR count). The van der Waals surface area contributed by atoms with Crippen molar-refractivity contribution in [1.29, 1.82) is 0 Å². The number of nitrogens with one attached hydrogen (secondary N) is 1. The molecule has 2 aromatic rings. The van der Waals surface area contributed by atoms with Crippen molar-refractivity contribution in [3.05, 3.63) is 48.5 Å². The van der Waals surface area contributed by atoms with Gasteiger partial charge in [0.1, 0.15) is 11.5 Å². The number of methoxy groups -OCH3 is 1. The van der Waals surface area contributed by atoms with Crippen LogP contribution < -0.4 is 19.7 Å². The highest BCUT2D eigenvalue weighted by atomic mass is 32.1. The van der Waals surface area contributed by atoms with E-state index >= 15 is 0 Å². The molecule has 0 bridgehead atoms. The Bertz CT molecular complexity index is 745. The topological polar surface area (TPSA) is 37.0 Å². The van der Waals surface area contributed by atoms with E-state index in [1.165, 1.54) is 0 Å². The van der Waals surface area contributed by atoms with Crippen LogP contribution in [-0.4, -0.2) is 49.9 Å². The number of rotatable bonds is 5. The van der Waals surface area contributed by atoms with Crippen molar-refractivity contribution < 1.29 is 9.47 Å². The number of hydrogen-bond acceptors (Lipinski definition) is 4. The summed E-state index contributed by atoms with van der Waals surface area (Å²) in [5.41, 5.74) is 2.10. The molecule has 0 radical (unpaired) electrons. The highest BCUT2D eigenvalue weighted by Crippen LogP contribution is 2.29. The van der Waals surface area contributed by atoms with Crippen LogP contribution >= 0.6 is 12.2 Å². The lowest BCUT2D eigenvalue weighted by Crippen LogP contribution is -2.50. The minimum absolute atomic E-state index is 0.672. The molecule has 0 atom stereocenters. The third kappa shape index (κ3) is 4.38. The van der Waals surface area contributed by atoms with Crippen molar-refractivity contribution in [2.24, 2.45) is 0 Å². The monoisotopic (exact) mass is 371 g/mol. The second-order valence-electron chi connectivity index (χ2n) is 6.04. The average Bonchev–Trinajstić information content (AvgIpc) is 2.69. The number of nitrogens with zero attached hydrogens (tertiary/aromatic N) is 2. The van der Waals surface area contributed by atoms with Gasteiger partial charge in [-0.05, 0) is 43.4 Å². The molecule has 138 valence electrons. The third-order valence-corrected chi connectivity index (χ3v) is 4.75. The summed E-state index contributed by atoms with van der Waals surface area (Å²) < 4.78 is 11.0. The lowest BCUT2D eigenvalue weighted by Gasteiger charge is -2.38. The van der Waals surface area contributed by atoms with Gasteiger partial charge in [0, 0.05) is 37.9 Å². The van der Waals surface area contributed by atoms with Gasteiger partial charge in [0.05, 0.1) is 19.4 Å². The lowest BCUT2D eigenvalue weighted by atomic mass is 10.2. The highest BCUT2D eigenvalue weighted by Gasteiger charge is 2.21. The molecule has 5 nitrogen and oxygen atoms in total. The second kappa shape index (κ2) is 8.76. The molecular weight excluding hydrogens is 346 g/mol. The maximum absolute atomic E-state index is 5.76. The fourth-order valence-electron chi connectivity index (χ4n) is 3.05. The van der Waals surface area contributed by atoms with Crippen LogP contribution in [0.5, 0.6) is 11.5 Å². The van der Waals surface area contributed by atoms with Gasteiger partial charge >= 0.3 is 0 Å². The summed E-state index contributed by atoms with van der Waals surface area (Å²) in [6.07, 6.45) is 0. The summed E-state index contributed by atoms with van der Waals surface area (Å²) in [5, 5.41) is 4.05. The molecule has 1 aliphatic heterocycles. The molecule has 6 heteroatoms. The molecule has 1 aliphatic rings. The van der Waals surface area contributed by atoms with Crippen molar-refractivity contribution in [2.75, 3.05) is 50.1 Å². The minimum Gasteiger partial charge on any atom is -0.497 e. The number of hydrogen-bond donors (Lipinski definition) is 1. The first-order valence-electron chi connectivity index (χ1n) is 8.88. The third-order valence-electron chi connectivity index (χ3n) is 4.39. The van der Waals surface area contributed by atoms with Gasteiger partial charge in [0.25, 0.3) is 0 Å². The van der Waals surface area contributed by atoms with Crippen molar-refractivity contribution in [1.82, 2.24) is 4.90 Å². The van der Waals surface area contributed by atoms with Crippen LogP contribution in [0.25, 0.3) is 0 Å². The molecular formula is C20H25N3O2S. The van der Waals surface area contributed by atoms with E-state index in [0.717, 1.165) is 54.2 Å². The molecule has 1 N–H and O–H groups in total. The molecule has 0 saturated carbocycles. The number of thiocarbonyl (C=S) groups is 1. The van der Waals surface area contributed by atoms with Crippen molar-refractivity contribution >= 4 is 28.7 Å². The fourth-order valence-corrected chi connectivity index (χ4v) is 3.35. The maximum atomic E-state index is 5.76. The molecule has 1 fully saturated rings. The smallest absolute Gasteiger partial charge is 0.173 e. The number of ether oxygens (including phenoxy) is 2. The molecule has 1 saturated heterocycles. The van der Waals surface area contributed by atoms with Gasteiger partial charge in [-0.3, -0.25) is 0 Å². The molecule has 0 amide bonds. The number of piperazine rings is 1. The molecule has 0 spiro atoms. The summed E-state index contributed by atoms with van der Waals surface area (Å²) in [5.74, 6) is 1.76. The Morgan fingerprint density at radius 1 is 1.08 bits per heavy atom. The standard InChI is InChI=1S/C20H25N3O2S/c1-3-25-19-10-5-4-9-18(19)22-11-13-23(14-12-22)20(26)21-16-7-6-8-17(15-16)24-2/h4-10,15H,3,11-14H2,1-2H3,(H,21,26). The van der Waals surface area contributed by atoms with Gasteiger partial charge in [-0.2, -0.15) is 0 Å². The first-order valence-corrected chi connectivity index (χ1v) is 9.29. The van der Waals surface area contributed by atoms with Crippen LogP contribution in [0.4, 0.5) is 11.4 Å². The van der Waals surface area contributed by atoms with Crippen LogP contribution in [-0.2, 0) is 0 Å². The molecule has 0 unspecified atom stereocenters. The highest BCUT2D eigenvalue weighted by molar-refractivity contribution is 7.80. The van der Waals surface area contributed by atoms with Gasteiger partial charge < -0.3 is 24.6 Å². The van der Waals surface area contributed by atoms with Crippen LogP contribution in [0.1, 0.15) is 6.92 Å². The Morgan fingerprint density at radius 3 is 2.58 bits per heavy atom. The largest absolute Gasteiger partial charge is 0.497 e. The number of anilines is 2. The predicted molar refractivity (Wildman–Crippen MR) is 111 cm³/mol. The Morgan fingerprint density at radius 2 is 1.85 bits per heavy atom. The van der Waals surface area contributed by atoms with Crippen molar-refractivity contribution in [3.8, 4) is 11.5 Å². The summed E-state index contributed by atoms with van der Waals surface area (Å²) in [6, 6.07) is 16.0. The quantitative estimate of drug-likeness (QED) is 0.809. The van der Waals surface area contributed by atoms with E-state index in [1.807, 2.05) is 43.3 Å². The lowest BCUT2D eigenvalue weighted by molar-refractivity contribution is 0.336. The van der Waals surface area contributed by atoms with Gasteiger partial charge in [-0.25, -0.2) is 0 Å². The van der Waals surface area contributed by atoms with Crippen LogP contribution in [0, 0.1) is 0 Å².